The second kappa shape index (κ2) is 4.92. The summed E-state index contributed by atoms with van der Waals surface area (Å²) in [6.45, 7) is 5.74. The van der Waals surface area contributed by atoms with Gasteiger partial charge in [-0.15, -0.1) is 0 Å². The molecule has 0 saturated heterocycles. The van der Waals surface area contributed by atoms with Crippen LogP contribution in [0.25, 0.3) is 10.8 Å². The molecule has 0 aliphatic carbocycles. The second-order valence-corrected chi connectivity index (χ2v) is 5.65. The molecule has 2 aromatic carbocycles. The van der Waals surface area contributed by atoms with Crippen LogP contribution in [0.1, 0.15) is 26.3 Å². The Balaban J connectivity index is 2.24. The zero-order valence-electron chi connectivity index (χ0n) is 11.4. The van der Waals surface area contributed by atoms with E-state index in [4.69, 9.17) is 4.74 Å². The van der Waals surface area contributed by atoms with E-state index in [0.29, 0.717) is 0 Å². The number of ether oxygens (including phenoxy) is 1. The Morgan fingerprint density at radius 2 is 1.95 bits per heavy atom. The van der Waals surface area contributed by atoms with Gasteiger partial charge in [0.15, 0.2) is 0 Å². The fourth-order valence-corrected chi connectivity index (χ4v) is 1.82. The third-order valence-corrected chi connectivity index (χ3v) is 2.93. The molecule has 0 radical (unpaired) electrons. The predicted molar refractivity (Wildman–Crippen MR) is 74.9 cm³/mol. The Morgan fingerprint density at radius 3 is 2.63 bits per heavy atom. The molecule has 1 N–H and O–H groups in total. The van der Waals surface area contributed by atoms with E-state index >= 15 is 0 Å². The number of hydrogen-bond acceptors (Lipinski definition) is 3. The zero-order chi connectivity index (χ0) is 14.0. The largest absolute Gasteiger partial charge is 0.508 e. The minimum Gasteiger partial charge on any atom is -0.508 e. The van der Waals surface area contributed by atoms with Crippen molar-refractivity contribution in [2.24, 2.45) is 5.41 Å². The summed E-state index contributed by atoms with van der Waals surface area (Å²) in [6, 6.07) is 10.9. The van der Waals surface area contributed by atoms with Crippen LogP contribution in [0.4, 0.5) is 0 Å². The van der Waals surface area contributed by atoms with Gasteiger partial charge in [0.1, 0.15) is 12.4 Å². The maximum absolute atomic E-state index is 11.8. The molecule has 3 nitrogen and oxygen atoms in total. The number of aromatic hydroxyl groups is 1. The molecular weight excluding hydrogens is 240 g/mol. The monoisotopic (exact) mass is 258 g/mol. The standard InChI is InChI=1S/C16H18O3/c1-16(2,3)15(18)19-10-12-6-4-5-11-9-13(17)7-8-14(11)12/h4-9,17H,10H2,1-3H3. The van der Waals surface area contributed by atoms with Crippen molar-refractivity contribution in [3.05, 3.63) is 42.0 Å². The van der Waals surface area contributed by atoms with Crippen LogP contribution >= 0.6 is 0 Å². The topological polar surface area (TPSA) is 46.5 Å². The predicted octanol–water partition coefficient (Wildman–Crippen LogP) is 3.63. The molecule has 0 aromatic heterocycles. The summed E-state index contributed by atoms with van der Waals surface area (Å²) in [6.07, 6.45) is 0. The lowest BCUT2D eigenvalue weighted by Gasteiger charge is -2.17. The lowest BCUT2D eigenvalue weighted by Crippen LogP contribution is -2.22. The molecule has 0 atom stereocenters. The summed E-state index contributed by atoms with van der Waals surface area (Å²) in [5.41, 5.74) is 0.443. The summed E-state index contributed by atoms with van der Waals surface area (Å²) in [5.74, 6) is 0.0135. The summed E-state index contributed by atoms with van der Waals surface area (Å²) < 4.78 is 5.33. The van der Waals surface area contributed by atoms with Crippen molar-refractivity contribution in [1.29, 1.82) is 0 Å². The van der Waals surface area contributed by atoms with E-state index in [0.717, 1.165) is 16.3 Å². The Hall–Kier alpha value is -2.03. The molecule has 100 valence electrons. The molecule has 2 rings (SSSR count). The van der Waals surface area contributed by atoms with Crippen molar-refractivity contribution in [2.45, 2.75) is 27.4 Å². The number of rotatable bonds is 2. The maximum Gasteiger partial charge on any atom is 0.311 e. The Labute approximate surface area is 112 Å². The number of esters is 1. The second-order valence-electron chi connectivity index (χ2n) is 5.65. The number of phenols is 1. The lowest BCUT2D eigenvalue weighted by atomic mass is 9.97. The number of fused-ring (bicyclic) bond motifs is 1. The molecular formula is C16H18O3. The average Bonchev–Trinajstić information content (AvgIpc) is 2.34. The van der Waals surface area contributed by atoms with Crippen LogP contribution in [-0.2, 0) is 16.1 Å². The van der Waals surface area contributed by atoms with E-state index in [2.05, 4.69) is 0 Å². The first kappa shape index (κ1) is 13.4. The lowest BCUT2D eigenvalue weighted by molar-refractivity contribution is -0.154. The molecule has 0 unspecified atom stereocenters. The zero-order valence-corrected chi connectivity index (χ0v) is 11.4. The first-order valence-corrected chi connectivity index (χ1v) is 6.26. The van der Waals surface area contributed by atoms with Gasteiger partial charge in [0.2, 0.25) is 0 Å². The highest BCUT2D eigenvalue weighted by Gasteiger charge is 2.23. The maximum atomic E-state index is 11.8. The summed E-state index contributed by atoms with van der Waals surface area (Å²) in [7, 11) is 0. The smallest absolute Gasteiger partial charge is 0.311 e. The third-order valence-electron chi connectivity index (χ3n) is 2.93. The molecule has 0 bridgehead atoms. The minimum atomic E-state index is -0.497. The summed E-state index contributed by atoms with van der Waals surface area (Å²) >= 11 is 0. The first-order valence-electron chi connectivity index (χ1n) is 6.26. The Morgan fingerprint density at radius 1 is 1.21 bits per heavy atom. The first-order chi connectivity index (χ1) is 8.88. The minimum absolute atomic E-state index is 0.219. The van der Waals surface area contributed by atoms with Crippen molar-refractivity contribution in [1.82, 2.24) is 0 Å². The molecule has 0 fully saturated rings. The van der Waals surface area contributed by atoms with Gasteiger partial charge >= 0.3 is 5.97 Å². The van der Waals surface area contributed by atoms with Crippen LogP contribution in [0, 0.1) is 5.41 Å². The van der Waals surface area contributed by atoms with Crippen molar-refractivity contribution in [2.75, 3.05) is 0 Å². The van der Waals surface area contributed by atoms with E-state index in [1.807, 2.05) is 45.0 Å². The van der Waals surface area contributed by atoms with Crippen molar-refractivity contribution < 1.29 is 14.6 Å². The molecule has 0 aliphatic rings. The van der Waals surface area contributed by atoms with Gasteiger partial charge < -0.3 is 9.84 Å². The highest BCUT2D eigenvalue weighted by molar-refractivity contribution is 5.87. The summed E-state index contributed by atoms with van der Waals surface area (Å²) in [5, 5.41) is 11.4. The van der Waals surface area contributed by atoms with Crippen molar-refractivity contribution in [3.63, 3.8) is 0 Å². The number of carbonyl (C=O) groups is 1. The molecule has 0 heterocycles. The van der Waals surface area contributed by atoms with Crippen LogP contribution in [-0.4, -0.2) is 11.1 Å². The van der Waals surface area contributed by atoms with E-state index in [1.165, 1.54) is 0 Å². The molecule has 0 saturated carbocycles. The normalized spacial score (nSPS) is 11.5. The van der Waals surface area contributed by atoms with Crippen molar-refractivity contribution >= 4 is 16.7 Å². The molecule has 0 amide bonds. The van der Waals surface area contributed by atoms with Gasteiger partial charge in [0.25, 0.3) is 0 Å². The molecule has 0 aliphatic heterocycles. The van der Waals surface area contributed by atoms with E-state index < -0.39 is 5.41 Å². The average molecular weight is 258 g/mol. The quantitative estimate of drug-likeness (QED) is 0.837. The van der Waals surface area contributed by atoms with Crippen LogP contribution in [0.5, 0.6) is 5.75 Å². The fourth-order valence-electron chi connectivity index (χ4n) is 1.82. The number of benzene rings is 2. The molecule has 3 heteroatoms. The Kier molecular flexibility index (Phi) is 3.47. The van der Waals surface area contributed by atoms with Crippen LogP contribution in [0.2, 0.25) is 0 Å². The summed E-state index contributed by atoms with van der Waals surface area (Å²) in [4.78, 5) is 11.8. The number of phenolic OH excluding ortho intramolecular Hbond substituents is 1. The molecule has 19 heavy (non-hydrogen) atoms. The third kappa shape index (κ3) is 3.05. The highest BCUT2D eigenvalue weighted by Crippen LogP contribution is 2.24. The van der Waals surface area contributed by atoms with Gasteiger partial charge in [-0.25, -0.2) is 0 Å². The number of carbonyl (C=O) groups excluding carboxylic acids is 1. The van der Waals surface area contributed by atoms with Crippen LogP contribution in [0.15, 0.2) is 36.4 Å². The van der Waals surface area contributed by atoms with Gasteiger partial charge in [-0.2, -0.15) is 0 Å². The molecule has 2 aromatic rings. The van der Waals surface area contributed by atoms with E-state index in [-0.39, 0.29) is 18.3 Å². The van der Waals surface area contributed by atoms with E-state index in [9.17, 15) is 9.90 Å². The fraction of sp³-hybridized carbons (Fsp3) is 0.312. The SMILES string of the molecule is CC(C)(C)C(=O)OCc1cccc2cc(O)ccc12. The van der Waals surface area contributed by atoms with E-state index in [1.54, 1.807) is 12.1 Å². The van der Waals surface area contributed by atoms with Gasteiger partial charge in [-0.1, -0.05) is 24.3 Å². The van der Waals surface area contributed by atoms with Crippen molar-refractivity contribution in [3.8, 4) is 5.75 Å². The molecule has 0 spiro atoms. The Bertz CT molecular complexity index is 609. The van der Waals surface area contributed by atoms with Gasteiger partial charge in [0.05, 0.1) is 5.41 Å². The van der Waals surface area contributed by atoms with Crippen LogP contribution < -0.4 is 0 Å². The van der Waals surface area contributed by atoms with Gasteiger partial charge in [-0.3, -0.25) is 4.79 Å². The van der Waals surface area contributed by atoms with Crippen LogP contribution in [0.3, 0.4) is 0 Å². The highest BCUT2D eigenvalue weighted by atomic mass is 16.5. The number of hydrogen-bond donors (Lipinski definition) is 1. The van der Waals surface area contributed by atoms with Gasteiger partial charge in [-0.05, 0) is 49.2 Å². The van der Waals surface area contributed by atoms with Gasteiger partial charge in [0, 0.05) is 0 Å².